The lowest BCUT2D eigenvalue weighted by Crippen LogP contribution is -2.05. The normalized spacial score (nSPS) is 10.8. The van der Waals surface area contributed by atoms with Crippen molar-refractivity contribution >= 4 is 5.82 Å². The number of halogens is 2. The van der Waals surface area contributed by atoms with E-state index in [1.807, 2.05) is 26.0 Å². The maximum absolute atomic E-state index is 13.8. The van der Waals surface area contributed by atoms with E-state index in [4.69, 9.17) is 4.74 Å². The first kappa shape index (κ1) is 15.2. The molecule has 2 rings (SSSR count). The molecule has 0 aliphatic heterocycles. The number of hydrogen-bond acceptors (Lipinski definition) is 3. The molecule has 0 amide bonds. The molecule has 0 aliphatic rings. The van der Waals surface area contributed by atoms with Gasteiger partial charge in [0.05, 0.1) is 0 Å². The SMILES string of the molecule is CCNc1nc(Oc2ccccc2C(C)C)c(F)cc1F. The first-order valence-electron chi connectivity index (χ1n) is 6.89. The van der Waals surface area contributed by atoms with E-state index in [1.165, 1.54) is 0 Å². The minimum atomic E-state index is -0.826. The number of para-hydroxylation sites is 1. The van der Waals surface area contributed by atoms with Crippen LogP contribution in [0.3, 0.4) is 0 Å². The van der Waals surface area contributed by atoms with Crippen molar-refractivity contribution in [3.63, 3.8) is 0 Å². The van der Waals surface area contributed by atoms with E-state index in [-0.39, 0.29) is 17.6 Å². The maximum atomic E-state index is 13.8. The summed E-state index contributed by atoms with van der Waals surface area (Å²) in [5.74, 6) is -1.08. The molecule has 0 spiro atoms. The van der Waals surface area contributed by atoms with Crippen LogP contribution in [-0.2, 0) is 0 Å². The van der Waals surface area contributed by atoms with Gasteiger partial charge in [0.2, 0.25) is 0 Å². The monoisotopic (exact) mass is 292 g/mol. The zero-order valence-electron chi connectivity index (χ0n) is 12.3. The molecule has 0 saturated heterocycles. The number of aromatic nitrogens is 1. The Morgan fingerprint density at radius 2 is 1.90 bits per heavy atom. The predicted molar refractivity (Wildman–Crippen MR) is 78.9 cm³/mol. The third-order valence-electron chi connectivity index (χ3n) is 2.99. The molecule has 5 heteroatoms. The molecule has 0 fully saturated rings. The molecule has 1 heterocycles. The van der Waals surface area contributed by atoms with E-state index in [0.717, 1.165) is 11.6 Å². The summed E-state index contributed by atoms with van der Waals surface area (Å²) in [6.45, 7) is 6.32. The number of anilines is 1. The molecule has 21 heavy (non-hydrogen) atoms. The van der Waals surface area contributed by atoms with Crippen LogP contribution in [0.2, 0.25) is 0 Å². The van der Waals surface area contributed by atoms with Crippen LogP contribution in [0.15, 0.2) is 30.3 Å². The molecule has 0 atom stereocenters. The van der Waals surface area contributed by atoms with Gasteiger partial charge in [-0.25, -0.2) is 8.78 Å². The second-order valence-electron chi connectivity index (χ2n) is 4.93. The average Bonchev–Trinajstić information content (AvgIpc) is 2.44. The lowest BCUT2D eigenvalue weighted by Gasteiger charge is -2.14. The molecule has 2 aromatic rings. The molecule has 1 N–H and O–H groups in total. The molecule has 0 aliphatic carbocycles. The summed E-state index contributed by atoms with van der Waals surface area (Å²) in [6.07, 6.45) is 0. The van der Waals surface area contributed by atoms with Gasteiger partial charge in [-0.3, -0.25) is 0 Å². The molecule has 112 valence electrons. The third kappa shape index (κ3) is 3.48. The fourth-order valence-corrected chi connectivity index (χ4v) is 1.97. The lowest BCUT2D eigenvalue weighted by molar-refractivity contribution is 0.412. The van der Waals surface area contributed by atoms with E-state index in [1.54, 1.807) is 19.1 Å². The molecule has 3 nitrogen and oxygen atoms in total. The van der Waals surface area contributed by atoms with Crippen molar-refractivity contribution in [2.75, 3.05) is 11.9 Å². The second-order valence-corrected chi connectivity index (χ2v) is 4.93. The number of hydrogen-bond donors (Lipinski definition) is 1. The highest BCUT2D eigenvalue weighted by Crippen LogP contribution is 2.31. The largest absolute Gasteiger partial charge is 0.436 e. The standard InChI is InChI=1S/C16H18F2N2O/c1-4-19-15-12(17)9-13(18)16(20-15)21-14-8-6-5-7-11(14)10(2)3/h5-10H,4H2,1-3H3,(H,19,20). The van der Waals surface area contributed by atoms with Crippen LogP contribution in [0.5, 0.6) is 11.6 Å². The van der Waals surface area contributed by atoms with Crippen LogP contribution >= 0.6 is 0 Å². The van der Waals surface area contributed by atoms with Gasteiger partial charge in [0.1, 0.15) is 5.75 Å². The lowest BCUT2D eigenvalue weighted by atomic mass is 10.0. The van der Waals surface area contributed by atoms with Crippen molar-refractivity contribution < 1.29 is 13.5 Å². The quantitative estimate of drug-likeness (QED) is 0.866. The molecule has 1 aromatic heterocycles. The van der Waals surface area contributed by atoms with E-state index < -0.39 is 11.6 Å². The Labute approximate surface area is 123 Å². The van der Waals surface area contributed by atoms with Crippen LogP contribution in [-0.4, -0.2) is 11.5 Å². The van der Waals surface area contributed by atoms with E-state index >= 15 is 0 Å². The highest BCUT2D eigenvalue weighted by atomic mass is 19.1. The van der Waals surface area contributed by atoms with E-state index in [2.05, 4.69) is 10.3 Å². The van der Waals surface area contributed by atoms with Crippen molar-refractivity contribution in [3.8, 4) is 11.6 Å². The number of pyridine rings is 1. The molecule has 0 unspecified atom stereocenters. The fraction of sp³-hybridized carbons (Fsp3) is 0.312. The van der Waals surface area contributed by atoms with Crippen molar-refractivity contribution in [1.82, 2.24) is 4.98 Å². The van der Waals surface area contributed by atoms with Crippen molar-refractivity contribution in [1.29, 1.82) is 0 Å². The topological polar surface area (TPSA) is 34.2 Å². The first-order chi connectivity index (χ1) is 10.0. The Bertz CT molecular complexity index is 630. The Hall–Kier alpha value is -2.17. The first-order valence-corrected chi connectivity index (χ1v) is 6.89. The van der Waals surface area contributed by atoms with Crippen LogP contribution in [0.25, 0.3) is 0 Å². The highest BCUT2D eigenvalue weighted by molar-refractivity contribution is 5.43. The summed E-state index contributed by atoms with van der Waals surface area (Å²) in [6, 6.07) is 8.12. The molecule has 0 radical (unpaired) electrons. The average molecular weight is 292 g/mol. The number of rotatable bonds is 5. The van der Waals surface area contributed by atoms with Crippen molar-refractivity contribution in [2.45, 2.75) is 26.7 Å². The van der Waals surface area contributed by atoms with Crippen LogP contribution in [0.1, 0.15) is 32.3 Å². The van der Waals surface area contributed by atoms with Gasteiger partial charge in [-0.2, -0.15) is 4.98 Å². The summed E-state index contributed by atoms with van der Waals surface area (Å²) >= 11 is 0. The van der Waals surface area contributed by atoms with Crippen LogP contribution in [0.4, 0.5) is 14.6 Å². The van der Waals surface area contributed by atoms with Gasteiger partial charge in [-0.1, -0.05) is 32.0 Å². The van der Waals surface area contributed by atoms with Gasteiger partial charge in [0.25, 0.3) is 5.88 Å². The Morgan fingerprint density at radius 3 is 2.57 bits per heavy atom. The molecule has 1 aromatic carbocycles. The molecule has 0 saturated carbocycles. The summed E-state index contributed by atoms with van der Waals surface area (Å²) in [5.41, 5.74) is 0.938. The Balaban J connectivity index is 2.38. The van der Waals surface area contributed by atoms with Gasteiger partial charge >= 0.3 is 0 Å². The minimum Gasteiger partial charge on any atom is -0.436 e. The smallest absolute Gasteiger partial charge is 0.258 e. The van der Waals surface area contributed by atoms with Crippen LogP contribution in [0, 0.1) is 11.6 Å². The Morgan fingerprint density at radius 1 is 1.19 bits per heavy atom. The third-order valence-corrected chi connectivity index (χ3v) is 2.99. The van der Waals surface area contributed by atoms with Gasteiger partial charge in [-0.15, -0.1) is 0 Å². The van der Waals surface area contributed by atoms with E-state index in [0.29, 0.717) is 12.3 Å². The van der Waals surface area contributed by atoms with Gasteiger partial charge < -0.3 is 10.1 Å². The Kier molecular flexibility index (Phi) is 4.73. The molecular formula is C16H18F2N2O. The van der Waals surface area contributed by atoms with Crippen LogP contribution < -0.4 is 10.1 Å². The molecular weight excluding hydrogens is 274 g/mol. The van der Waals surface area contributed by atoms with Crippen molar-refractivity contribution in [3.05, 3.63) is 47.5 Å². The molecule has 0 bridgehead atoms. The summed E-state index contributed by atoms with van der Waals surface area (Å²) < 4.78 is 32.9. The van der Waals surface area contributed by atoms with Crippen molar-refractivity contribution in [2.24, 2.45) is 0 Å². The number of nitrogens with zero attached hydrogens (tertiary/aromatic N) is 1. The van der Waals surface area contributed by atoms with Gasteiger partial charge in [0.15, 0.2) is 17.5 Å². The fourth-order valence-electron chi connectivity index (χ4n) is 1.97. The highest BCUT2D eigenvalue weighted by Gasteiger charge is 2.15. The number of ether oxygens (including phenoxy) is 1. The zero-order chi connectivity index (χ0) is 15.4. The van der Waals surface area contributed by atoms with Gasteiger partial charge in [-0.05, 0) is 24.5 Å². The number of benzene rings is 1. The predicted octanol–water partition coefficient (Wildman–Crippen LogP) is 4.71. The second kappa shape index (κ2) is 6.52. The van der Waals surface area contributed by atoms with E-state index in [9.17, 15) is 8.78 Å². The van der Waals surface area contributed by atoms with Gasteiger partial charge in [0, 0.05) is 12.6 Å². The minimum absolute atomic E-state index is 0.0177. The summed E-state index contributed by atoms with van der Waals surface area (Å²) in [4.78, 5) is 3.87. The summed E-state index contributed by atoms with van der Waals surface area (Å²) in [7, 11) is 0. The summed E-state index contributed by atoms with van der Waals surface area (Å²) in [5, 5.41) is 2.73. The number of nitrogens with one attached hydrogen (secondary N) is 1. The maximum Gasteiger partial charge on any atom is 0.258 e. The zero-order valence-corrected chi connectivity index (χ0v) is 12.3.